The van der Waals surface area contributed by atoms with Gasteiger partial charge in [-0.3, -0.25) is 9.44 Å². The third-order valence-corrected chi connectivity index (χ3v) is 15.1. The van der Waals surface area contributed by atoms with E-state index in [-0.39, 0.29) is 78.5 Å². The predicted octanol–water partition coefficient (Wildman–Crippen LogP) is 12.0. The SMILES string of the molecule is CCOC(=O)c1ccsc1N.CCOC(=O)c1ccsc1NS(=O)(=O)c1cc(Cl)cc(Cl)c1.O=C(O)c1ccsc1NS(=O)(=O)c1cc(Cl)cc(Cl)c1.O=S(=O)(Cl)c1cc(Cl)cc(Cl)c1. The normalized spacial score (nSPS) is 11.0. The van der Waals surface area contributed by atoms with E-state index in [1.54, 1.807) is 30.7 Å². The second kappa shape index (κ2) is 25.0. The summed E-state index contributed by atoms with van der Waals surface area (Å²) in [5, 5.41) is 15.7. The highest BCUT2D eigenvalue weighted by Crippen LogP contribution is 2.31. The van der Waals surface area contributed by atoms with Crippen LogP contribution in [0.4, 0.5) is 15.0 Å². The maximum atomic E-state index is 12.4. The molecule has 0 aliphatic carbocycles. The third-order valence-electron chi connectivity index (χ3n) is 7.11. The first-order chi connectivity index (χ1) is 30.3. The lowest BCUT2D eigenvalue weighted by atomic mass is 10.3. The number of carbonyl (C=O) groups is 3. The minimum atomic E-state index is -3.96. The number of sulfonamides is 2. The molecule has 65 heavy (non-hydrogen) atoms. The summed E-state index contributed by atoms with van der Waals surface area (Å²) >= 11 is 37.6. The van der Waals surface area contributed by atoms with E-state index < -0.39 is 41.0 Å². The predicted molar refractivity (Wildman–Crippen MR) is 260 cm³/mol. The van der Waals surface area contributed by atoms with Crippen LogP contribution < -0.4 is 15.2 Å². The van der Waals surface area contributed by atoms with E-state index in [0.717, 1.165) is 22.7 Å². The molecule has 6 rings (SSSR count). The number of nitrogen functional groups attached to an aromatic ring is 1. The molecule has 0 bridgehead atoms. The highest BCUT2D eigenvalue weighted by Gasteiger charge is 2.23. The number of ether oxygens (including phenoxy) is 2. The molecule has 0 spiro atoms. The van der Waals surface area contributed by atoms with Crippen molar-refractivity contribution in [2.45, 2.75) is 28.5 Å². The first kappa shape index (κ1) is 55.8. The summed E-state index contributed by atoms with van der Waals surface area (Å²) in [6, 6.07) is 16.2. The molecule has 0 radical (unpaired) electrons. The Morgan fingerprint density at radius 3 is 1.22 bits per heavy atom. The Hall–Kier alpha value is -3.55. The fourth-order valence-corrected chi connectivity index (χ4v) is 12.2. The van der Waals surface area contributed by atoms with Gasteiger partial charge >= 0.3 is 17.9 Å². The number of anilines is 3. The van der Waals surface area contributed by atoms with Crippen LogP contribution >= 0.6 is 114 Å². The van der Waals surface area contributed by atoms with Gasteiger partial charge in [-0.2, -0.15) is 0 Å². The lowest BCUT2D eigenvalue weighted by Gasteiger charge is -2.09. The van der Waals surface area contributed by atoms with Crippen LogP contribution in [-0.2, 0) is 38.6 Å². The Bertz CT molecular complexity index is 2940. The molecule has 0 fully saturated rings. The molecule has 0 aliphatic heterocycles. The van der Waals surface area contributed by atoms with Gasteiger partial charge in [-0.05, 0) is 103 Å². The molecule has 0 unspecified atom stereocenters. The maximum absolute atomic E-state index is 12.4. The van der Waals surface area contributed by atoms with Crippen molar-refractivity contribution in [1.29, 1.82) is 0 Å². The fourth-order valence-electron chi connectivity index (χ4n) is 4.41. The van der Waals surface area contributed by atoms with E-state index in [2.05, 4.69) is 9.44 Å². The third kappa shape index (κ3) is 17.6. The molecule has 3 aromatic carbocycles. The first-order valence-corrected chi connectivity index (χ1v) is 27.4. The minimum Gasteiger partial charge on any atom is -0.478 e. The minimum absolute atomic E-state index is 0.0218. The number of thiophene rings is 3. The van der Waals surface area contributed by atoms with Gasteiger partial charge in [0.1, 0.15) is 15.0 Å². The van der Waals surface area contributed by atoms with Crippen molar-refractivity contribution < 1.29 is 54.2 Å². The van der Waals surface area contributed by atoms with Crippen LogP contribution in [0.5, 0.6) is 0 Å². The molecule has 350 valence electrons. The Balaban J connectivity index is 0.000000240. The summed E-state index contributed by atoms with van der Waals surface area (Å²) in [5.41, 5.74) is 6.00. The Labute approximate surface area is 419 Å². The Kier molecular flexibility index (Phi) is 21.4. The summed E-state index contributed by atoms with van der Waals surface area (Å²) in [6.07, 6.45) is 0. The van der Waals surface area contributed by atoms with E-state index in [0.29, 0.717) is 17.2 Å². The van der Waals surface area contributed by atoms with Crippen LogP contribution in [0.3, 0.4) is 0 Å². The molecule has 28 heteroatoms. The van der Waals surface area contributed by atoms with Crippen LogP contribution in [0.15, 0.2) is 104 Å². The first-order valence-electron chi connectivity index (χ1n) is 17.2. The van der Waals surface area contributed by atoms with Crippen molar-refractivity contribution in [2.24, 2.45) is 0 Å². The largest absolute Gasteiger partial charge is 0.478 e. The summed E-state index contributed by atoms with van der Waals surface area (Å²) in [4.78, 5) is 33.4. The number of aromatic carboxylic acids is 1. The Morgan fingerprint density at radius 1 is 0.554 bits per heavy atom. The van der Waals surface area contributed by atoms with E-state index in [1.807, 2.05) is 0 Å². The molecule has 3 heterocycles. The summed E-state index contributed by atoms with van der Waals surface area (Å²) in [5.74, 6) is -2.15. The number of benzene rings is 3. The summed E-state index contributed by atoms with van der Waals surface area (Å²) in [7, 11) is -6.56. The van der Waals surface area contributed by atoms with Crippen LogP contribution in [0.1, 0.15) is 44.9 Å². The topological polar surface area (TPSA) is 242 Å². The van der Waals surface area contributed by atoms with Crippen molar-refractivity contribution in [2.75, 3.05) is 28.4 Å². The number of nitrogens with two attached hydrogens (primary N) is 1. The van der Waals surface area contributed by atoms with Gasteiger partial charge < -0.3 is 20.3 Å². The molecule has 15 nitrogen and oxygen atoms in total. The highest BCUT2D eigenvalue weighted by molar-refractivity contribution is 8.13. The number of carboxylic acids is 1. The van der Waals surface area contributed by atoms with Gasteiger partial charge in [-0.25, -0.2) is 39.6 Å². The second-order valence-electron chi connectivity index (χ2n) is 11.7. The number of carbonyl (C=O) groups excluding carboxylic acids is 2. The van der Waals surface area contributed by atoms with Crippen molar-refractivity contribution in [3.8, 4) is 0 Å². The molecule has 0 saturated carbocycles. The molecular formula is C37H30Cl7N3O12S6. The van der Waals surface area contributed by atoms with Gasteiger partial charge in [0.05, 0.1) is 44.6 Å². The van der Waals surface area contributed by atoms with Gasteiger partial charge in [0.25, 0.3) is 29.1 Å². The number of hydrogen-bond donors (Lipinski definition) is 4. The van der Waals surface area contributed by atoms with Crippen LogP contribution in [0.2, 0.25) is 30.1 Å². The lowest BCUT2D eigenvalue weighted by Crippen LogP contribution is -2.15. The van der Waals surface area contributed by atoms with E-state index in [4.69, 9.17) is 101 Å². The van der Waals surface area contributed by atoms with Gasteiger partial charge in [-0.15, -0.1) is 34.0 Å². The van der Waals surface area contributed by atoms with E-state index in [1.165, 1.54) is 83.4 Å². The van der Waals surface area contributed by atoms with Gasteiger partial charge in [0, 0.05) is 40.8 Å². The molecule has 5 N–H and O–H groups in total. The summed E-state index contributed by atoms with van der Waals surface area (Å²) < 4.78 is 84.8. The zero-order valence-corrected chi connectivity index (χ0v) is 42.9. The fraction of sp³-hybridized carbons (Fsp3) is 0.108. The zero-order valence-electron chi connectivity index (χ0n) is 32.7. The van der Waals surface area contributed by atoms with Gasteiger partial charge in [0.15, 0.2) is 0 Å². The van der Waals surface area contributed by atoms with E-state index in [9.17, 15) is 39.6 Å². The van der Waals surface area contributed by atoms with Gasteiger partial charge in [0.2, 0.25) is 0 Å². The zero-order chi connectivity index (χ0) is 48.9. The molecule has 0 amide bonds. The van der Waals surface area contributed by atoms with E-state index >= 15 is 0 Å². The molecular weight excluding hydrogens is 1120 g/mol. The smallest absolute Gasteiger partial charge is 0.341 e. The molecule has 0 aliphatic rings. The molecule has 6 aromatic rings. The molecule has 3 aromatic heterocycles. The lowest BCUT2D eigenvalue weighted by molar-refractivity contribution is 0.0518. The van der Waals surface area contributed by atoms with Crippen molar-refractivity contribution in [3.63, 3.8) is 0 Å². The Morgan fingerprint density at radius 2 is 0.877 bits per heavy atom. The molecule has 0 atom stereocenters. The average molecular weight is 1150 g/mol. The monoisotopic (exact) mass is 1140 g/mol. The number of rotatable bonds is 12. The van der Waals surface area contributed by atoms with Crippen molar-refractivity contribution in [3.05, 3.63) is 136 Å². The molecule has 0 saturated heterocycles. The number of halogens is 7. The average Bonchev–Trinajstić information content (AvgIpc) is 3.96. The highest BCUT2D eigenvalue weighted by atomic mass is 35.7. The van der Waals surface area contributed by atoms with Gasteiger partial charge in [-0.1, -0.05) is 69.6 Å². The standard InChI is InChI=1S/C13H11Cl2NO4S2.C11H7Cl2NO4S2.C7H9NO2S.C6H3Cl3O2S/c1-2-20-13(17)11-3-4-21-12(11)16-22(18,19)10-6-8(14)5-9(15)7-10;12-6-3-7(13)5-8(4-6)20(17,18)14-10-9(11(15)16)1-2-19-10;1-2-10-7(9)5-3-4-11-6(5)8;7-4-1-5(8)3-6(2-4)12(9,10)11/h3-7,16H,2H2,1H3;1-5,14H,(H,15,16);3-4H,2,8H2,1H3;1-3H. The maximum Gasteiger partial charge on any atom is 0.341 e. The quantitative estimate of drug-likeness (QED) is 0.0659. The summed E-state index contributed by atoms with van der Waals surface area (Å²) in [6.45, 7) is 4.02. The van der Waals surface area contributed by atoms with Crippen LogP contribution in [0.25, 0.3) is 0 Å². The van der Waals surface area contributed by atoms with Crippen LogP contribution in [0, 0.1) is 0 Å². The number of nitrogens with one attached hydrogen (secondary N) is 2. The number of carboxylic acid groups (broad SMARTS) is 1. The van der Waals surface area contributed by atoms with Crippen molar-refractivity contribution in [1.82, 2.24) is 0 Å². The number of hydrogen-bond acceptors (Lipinski definition) is 15. The van der Waals surface area contributed by atoms with Crippen LogP contribution in [-0.4, -0.2) is 61.5 Å². The van der Waals surface area contributed by atoms with Crippen molar-refractivity contribution >= 4 is 176 Å². The second-order valence-corrected chi connectivity index (χ2v) is 23.1. The number of esters is 2.